The van der Waals surface area contributed by atoms with Crippen LogP contribution >= 0.6 is 0 Å². The molecule has 2 heterocycles. The molecule has 2 aromatic rings. The number of hydrogen-bond acceptors (Lipinski definition) is 5. The van der Waals surface area contributed by atoms with Crippen molar-refractivity contribution in [2.24, 2.45) is 0 Å². The van der Waals surface area contributed by atoms with Crippen molar-refractivity contribution in [2.75, 3.05) is 11.4 Å². The average molecular weight is 330 g/mol. The normalized spacial score (nSPS) is 16.4. The van der Waals surface area contributed by atoms with Crippen molar-refractivity contribution in [3.63, 3.8) is 0 Å². The van der Waals surface area contributed by atoms with Gasteiger partial charge in [-0.25, -0.2) is 0 Å². The summed E-state index contributed by atoms with van der Waals surface area (Å²) in [5.41, 5.74) is 0.684. The number of benzene rings is 1. The topological polar surface area (TPSA) is 90.5 Å². The lowest BCUT2D eigenvalue weighted by molar-refractivity contribution is -0.385. The Morgan fingerprint density at radius 1 is 1.46 bits per heavy atom. The lowest BCUT2D eigenvalue weighted by atomic mass is 10.1. The standard InChI is InChI=1S/C16H18N4O4/c1-2-13-11-19(14-5-3-4-6-15(14)24-13)16(21)7-8-18-10-12(9-17-18)20(22)23/h3-6,9-10,13H,2,7-8,11H2,1H3/t13-/m1/s1. The van der Waals surface area contributed by atoms with E-state index < -0.39 is 4.92 Å². The fourth-order valence-corrected chi connectivity index (χ4v) is 2.66. The number of aryl methyl sites for hydroxylation is 1. The maximum Gasteiger partial charge on any atom is 0.306 e. The van der Waals surface area contributed by atoms with Crippen LogP contribution in [0, 0.1) is 10.1 Å². The predicted molar refractivity (Wildman–Crippen MR) is 87.0 cm³/mol. The number of para-hydroxylation sites is 2. The Morgan fingerprint density at radius 2 is 2.25 bits per heavy atom. The summed E-state index contributed by atoms with van der Waals surface area (Å²) in [7, 11) is 0. The van der Waals surface area contributed by atoms with Crippen molar-refractivity contribution in [3.05, 3.63) is 46.8 Å². The van der Waals surface area contributed by atoms with Crippen LogP contribution in [0.15, 0.2) is 36.7 Å². The van der Waals surface area contributed by atoms with Gasteiger partial charge < -0.3 is 9.64 Å². The van der Waals surface area contributed by atoms with E-state index in [0.29, 0.717) is 18.8 Å². The van der Waals surface area contributed by atoms with Gasteiger partial charge in [-0.3, -0.25) is 19.6 Å². The van der Waals surface area contributed by atoms with Crippen LogP contribution in [0.25, 0.3) is 0 Å². The van der Waals surface area contributed by atoms with Crippen LogP contribution in [0.4, 0.5) is 11.4 Å². The third kappa shape index (κ3) is 3.22. The number of carbonyl (C=O) groups excluding carboxylic acids is 1. The van der Waals surface area contributed by atoms with Crippen LogP contribution in [0.2, 0.25) is 0 Å². The second kappa shape index (κ2) is 6.69. The van der Waals surface area contributed by atoms with Crippen molar-refractivity contribution >= 4 is 17.3 Å². The Labute approximate surface area is 138 Å². The number of amides is 1. The van der Waals surface area contributed by atoms with Gasteiger partial charge in [0.2, 0.25) is 5.91 Å². The number of fused-ring (bicyclic) bond motifs is 1. The molecule has 0 aliphatic carbocycles. The Bertz CT molecular complexity index is 758. The van der Waals surface area contributed by atoms with Gasteiger partial charge in [-0.15, -0.1) is 0 Å². The third-order valence-electron chi connectivity index (χ3n) is 3.98. The molecule has 1 aromatic heterocycles. The summed E-state index contributed by atoms with van der Waals surface area (Å²) in [5, 5.41) is 14.6. The summed E-state index contributed by atoms with van der Waals surface area (Å²) in [6.07, 6.45) is 3.50. The molecule has 0 fully saturated rings. The molecular weight excluding hydrogens is 312 g/mol. The summed E-state index contributed by atoms with van der Waals surface area (Å²) in [5.74, 6) is 0.654. The van der Waals surface area contributed by atoms with Gasteiger partial charge in [0, 0.05) is 13.0 Å². The molecule has 0 unspecified atom stereocenters. The highest BCUT2D eigenvalue weighted by molar-refractivity contribution is 5.95. The fraction of sp³-hybridized carbons (Fsp3) is 0.375. The molecule has 0 N–H and O–H groups in total. The number of nitro groups is 1. The minimum absolute atomic E-state index is 0.0327. The zero-order valence-electron chi connectivity index (χ0n) is 13.3. The number of anilines is 1. The Hall–Kier alpha value is -2.90. The van der Waals surface area contributed by atoms with Crippen molar-refractivity contribution in [1.29, 1.82) is 0 Å². The Kier molecular flexibility index (Phi) is 4.45. The van der Waals surface area contributed by atoms with Crippen LogP contribution in [0.5, 0.6) is 5.75 Å². The van der Waals surface area contributed by atoms with Gasteiger partial charge in [0.15, 0.2) is 0 Å². The molecule has 0 radical (unpaired) electrons. The van der Waals surface area contributed by atoms with E-state index in [0.717, 1.165) is 12.1 Å². The Morgan fingerprint density at radius 3 is 2.96 bits per heavy atom. The van der Waals surface area contributed by atoms with Gasteiger partial charge in [-0.05, 0) is 18.6 Å². The minimum atomic E-state index is -0.505. The lowest BCUT2D eigenvalue weighted by Gasteiger charge is -2.34. The fourth-order valence-electron chi connectivity index (χ4n) is 2.66. The molecule has 126 valence electrons. The molecule has 1 amide bonds. The maximum absolute atomic E-state index is 12.6. The largest absolute Gasteiger partial charge is 0.486 e. The summed E-state index contributed by atoms with van der Waals surface area (Å²) in [6, 6.07) is 7.46. The summed E-state index contributed by atoms with van der Waals surface area (Å²) < 4.78 is 7.28. The van der Waals surface area contributed by atoms with Gasteiger partial charge in [0.1, 0.15) is 24.2 Å². The highest BCUT2D eigenvalue weighted by atomic mass is 16.6. The predicted octanol–water partition coefficient (Wildman–Crippen LogP) is 2.39. The molecule has 3 rings (SSSR count). The van der Waals surface area contributed by atoms with Crippen LogP contribution in [0.1, 0.15) is 19.8 Å². The highest BCUT2D eigenvalue weighted by Gasteiger charge is 2.28. The van der Waals surface area contributed by atoms with E-state index in [2.05, 4.69) is 5.10 Å². The molecule has 24 heavy (non-hydrogen) atoms. The number of rotatable bonds is 5. The van der Waals surface area contributed by atoms with Gasteiger partial charge in [-0.1, -0.05) is 19.1 Å². The van der Waals surface area contributed by atoms with Crippen LogP contribution in [-0.2, 0) is 11.3 Å². The molecule has 0 bridgehead atoms. The first-order valence-electron chi connectivity index (χ1n) is 7.81. The maximum atomic E-state index is 12.6. The number of carbonyl (C=O) groups is 1. The number of nitrogens with zero attached hydrogens (tertiary/aromatic N) is 4. The summed E-state index contributed by atoms with van der Waals surface area (Å²) >= 11 is 0. The first kappa shape index (κ1) is 16.0. The number of ether oxygens (including phenoxy) is 1. The zero-order valence-corrected chi connectivity index (χ0v) is 13.3. The molecule has 1 aromatic carbocycles. The van der Waals surface area contributed by atoms with Crippen LogP contribution in [0.3, 0.4) is 0 Å². The van der Waals surface area contributed by atoms with E-state index >= 15 is 0 Å². The third-order valence-corrected chi connectivity index (χ3v) is 3.98. The average Bonchev–Trinajstić information content (AvgIpc) is 3.08. The van der Waals surface area contributed by atoms with Crippen molar-refractivity contribution < 1.29 is 14.5 Å². The monoisotopic (exact) mass is 330 g/mol. The Balaban J connectivity index is 1.70. The minimum Gasteiger partial charge on any atom is -0.486 e. The number of hydrogen-bond donors (Lipinski definition) is 0. The lowest BCUT2D eigenvalue weighted by Crippen LogP contribution is -2.43. The molecule has 8 heteroatoms. The molecule has 1 aliphatic heterocycles. The number of aromatic nitrogens is 2. The van der Waals surface area contributed by atoms with Crippen molar-refractivity contribution in [3.8, 4) is 5.75 Å². The smallest absolute Gasteiger partial charge is 0.306 e. The first-order chi connectivity index (χ1) is 11.6. The van der Waals surface area contributed by atoms with E-state index in [1.165, 1.54) is 17.1 Å². The van der Waals surface area contributed by atoms with Gasteiger partial charge >= 0.3 is 5.69 Å². The van der Waals surface area contributed by atoms with Crippen LogP contribution < -0.4 is 9.64 Å². The quantitative estimate of drug-likeness (QED) is 0.620. The van der Waals surface area contributed by atoms with E-state index in [-0.39, 0.29) is 24.1 Å². The molecular formula is C16H18N4O4. The SMILES string of the molecule is CC[C@@H]1CN(C(=O)CCn2cc([N+](=O)[O-])cn2)c2ccccc2O1. The van der Waals surface area contributed by atoms with E-state index in [9.17, 15) is 14.9 Å². The van der Waals surface area contributed by atoms with E-state index in [1.54, 1.807) is 4.90 Å². The second-order valence-electron chi connectivity index (χ2n) is 5.59. The van der Waals surface area contributed by atoms with E-state index in [4.69, 9.17) is 4.74 Å². The highest BCUT2D eigenvalue weighted by Crippen LogP contribution is 2.34. The second-order valence-corrected chi connectivity index (χ2v) is 5.59. The first-order valence-corrected chi connectivity index (χ1v) is 7.81. The van der Waals surface area contributed by atoms with Gasteiger partial charge in [-0.2, -0.15) is 5.10 Å². The van der Waals surface area contributed by atoms with E-state index in [1.807, 2.05) is 31.2 Å². The zero-order chi connectivity index (χ0) is 17.1. The van der Waals surface area contributed by atoms with Gasteiger partial charge in [0.05, 0.1) is 17.2 Å². The molecule has 0 saturated carbocycles. The molecule has 1 aliphatic rings. The summed E-state index contributed by atoms with van der Waals surface area (Å²) in [4.78, 5) is 24.5. The van der Waals surface area contributed by atoms with Gasteiger partial charge in [0.25, 0.3) is 0 Å². The van der Waals surface area contributed by atoms with Crippen LogP contribution in [-0.4, -0.2) is 33.3 Å². The molecule has 0 saturated heterocycles. The van der Waals surface area contributed by atoms with Crippen molar-refractivity contribution in [2.45, 2.75) is 32.4 Å². The molecule has 1 atom stereocenters. The summed E-state index contributed by atoms with van der Waals surface area (Å²) in [6.45, 7) is 2.82. The molecule has 8 nitrogen and oxygen atoms in total. The van der Waals surface area contributed by atoms with Crippen molar-refractivity contribution in [1.82, 2.24) is 9.78 Å². The molecule has 0 spiro atoms.